The Hall–Kier alpha value is -2.45. The van der Waals surface area contributed by atoms with Gasteiger partial charge in [-0.15, -0.1) is 0 Å². The van der Waals surface area contributed by atoms with Crippen LogP contribution in [0, 0.1) is 0 Å². The lowest BCUT2D eigenvalue weighted by Crippen LogP contribution is -2.45. The molecule has 0 aliphatic heterocycles. The van der Waals surface area contributed by atoms with Crippen LogP contribution in [0.3, 0.4) is 0 Å². The van der Waals surface area contributed by atoms with Crippen molar-refractivity contribution in [3.05, 3.63) is 47.5 Å². The van der Waals surface area contributed by atoms with E-state index in [0.29, 0.717) is 16.5 Å². The Balaban J connectivity index is 2.43. The third kappa shape index (κ3) is 4.84. The molecule has 146 valence electrons. The summed E-state index contributed by atoms with van der Waals surface area (Å²) in [5.74, 6) is 0.206. The van der Waals surface area contributed by atoms with Crippen molar-refractivity contribution in [2.75, 3.05) is 30.1 Å². The highest BCUT2D eigenvalue weighted by Crippen LogP contribution is 2.34. The maximum Gasteiger partial charge on any atom is 0.248 e. The predicted octanol–water partition coefficient (Wildman–Crippen LogP) is 3.15. The minimum atomic E-state index is -3.82. The van der Waals surface area contributed by atoms with Crippen molar-refractivity contribution in [1.82, 2.24) is 0 Å². The summed E-state index contributed by atoms with van der Waals surface area (Å²) in [5, 5.41) is 3.01. The number of hydrogen-bond acceptors (Lipinski definition) is 5. The lowest BCUT2D eigenvalue weighted by molar-refractivity contribution is -0.116. The van der Waals surface area contributed by atoms with Gasteiger partial charge < -0.3 is 14.8 Å². The molecule has 0 aliphatic carbocycles. The van der Waals surface area contributed by atoms with Gasteiger partial charge in [0.15, 0.2) is 0 Å². The molecule has 1 N–H and O–H groups in total. The molecule has 0 saturated heterocycles. The third-order valence-electron chi connectivity index (χ3n) is 3.83. The molecule has 2 aromatic rings. The number of ether oxygens (including phenoxy) is 2. The van der Waals surface area contributed by atoms with E-state index < -0.39 is 22.0 Å². The van der Waals surface area contributed by atoms with Crippen LogP contribution >= 0.6 is 11.6 Å². The Bertz CT molecular complexity index is 933. The number of benzene rings is 2. The quantitative estimate of drug-likeness (QED) is 0.755. The second-order valence-corrected chi connectivity index (χ2v) is 8.04. The maximum absolute atomic E-state index is 12.8. The molecule has 0 radical (unpaired) electrons. The first-order valence-corrected chi connectivity index (χ1v) is 10.2. The van der Waals surface area contributed by atoms with Crippen molar-refractivity contribution < 1.29 is 22.7 Å². The van der Waals surface area contributed by atoms with E-state index in [4.69, 9.17) is 21.1 Å². The van der Waals surface area contributed by atoms with E-state index in [9.17, 15) is 13.2 Å². The number of rotatable bonds is 7. The van der Waals surface area contributed by atoms with Crippen LogP contribution in [-0.2, 0) is 14.8 Å². The van der Waals surface area contributed by atoms with Crippen LogP contribution in [0.25, 0.3) is 0 Å². The number of carbonyl (C=O) groups excluding carboxylic acids is 1. The number of methoxy groups -OCH3 is 2. The topological polar surface area (TPSA) is 84.9 Å². The highest BCUT2D eigenvalue weighted by Gasteiger charge is 2.31. The van der Waals surface area contributed by atoms with Gasteiger partial charge in [0.25, 0.3) is 0 Å². The molecule has 0 aromatic heterocycles. The summed E-state index contributed by atoms with van der Waals surface area (Å²) in [6.45, 7) is 1.48. The molecule has 0 bridgehead atoms. The second kappa shape index (κ2) is 8.49. The molecule has 1 atom stereocenters. The molecule has 0 heterocycles. The number of sulfonamides is 1. The normalized spacial score (nSPS) is 12.2. The van der Waals surface area contributed by atoms with Crippen LogP contribution in [0.1, 0.15) is 6.92 Å². The van der Waals surface area contributed by atoms with Crippen molar-refractivity contribution in [3.8, 4) is 11.5 Å². The zero-order chi connectivity index (χ0) is 20.2. The summed E-state index contributed by atoms with van der Waals surface area (Å²) >= 11 is 6.03. The van der Waals surface area contributed by atoms with Crippen molar-refractivity contribution in [2.24, 2.45) is 0 Å². The summed E-state index contributed by atoms with van der Waals surface area (Å²) in [6, 6.07) is 10.3. The number of hydrogen-bond donors (Lipinski definition) is 1. The first kappa shape index (κ1) is 20.9. The van der Waals surface area contributed by atoms with Crippen LogP contribution in [0.5, 0.6) is 11.5 Å². The molecular formula is C18H21ClN2O5S. The monoisotopic (exact) mass is 412 g/mol. The SMILES string of the molecule is COc1ccccc1NC(=O)C(C)N(c1cc(Cl)ccc1OC)S(C)(=O)=O. The molecular weight excluding hydrogens is 392 g/mol. The number of carbonyl (C=O) groups is 1. The molecule has 0 saturated carbocycles. The molecule has 0 aliphatic rings. The number of halogens is 1. The van der Waals surface area contributed by atoms with Crippen molar-refractivity contribution in [1.29, 1.82) is 0 Å². The Labute approximate surface area is 163 Å². The number of amides is 1. The van der Waals surface area contributed by atoms with Crippen molar-refractivity contribution in [2.45, 2.75) is 13.0 Å². The second-order valence-electron chi connectivity index (χ2n) is 5.74. The lowest BCUT2D eigenvalue weighted by Gasteiger charge is -2.29. The minimum Gasteiger partial charge on any atom is -0.495 e. The Morgan fingerprint density at radius 1 is 1.11 bits per heavy atom. The fourth-order valence-corrected chi connectivity index (χ4v) is 3.94. The highest BCUT2D eigenvalue weighted by atomic mass is 35.5. The fraction of sp³-hybridized carbons (Fsp3) is 0.278. The summed E-state index contributed by atoms with van der Waals surface area (Å²) in [7, 11) is -0.927. The Kier molecular flexibility index (Phi) is 6.56. The zero-order valence-electron chi connectivity index (χ0n) is 15.4. The van der Waals surface area contributed by atoms with E-state index in [2.05, 4.69) is 5.32 Å². The van der Waals surface area contributed by atoms with E-state index in [1.54, 1.807) is 36.4 Å². The van der Waals surface area contributed by atoms with Gasteiger partial charge in [-0.2, -0.15) is 0 Å². The molecule has 2 aromatic carbocycles. The largest absolute Gasteiger partial charge is 0.495 e. The zero-order valence-corrected chi connectivity index (χ0v) is 17.0. The van der Waals surface area contributed by atoms with E-state index >= 15 is 0 Å². The highest BCUT2D eigenvalue weighted by molar-refractivity contribution is 7.92. The molecule has 1 amide bonds. The summed E-state index contributed by atoms with van der Waals surface area (Å²) in [4.78, 5) is 12.8. The van der Waals surface area contributed by atoms with E-state index in [0.717, 1.165) is 10.6 Å². The standard InChI is InChI=1S/C18H21ClN2O5S/c1-12(18(22)20-14-7-5-6-8-16(14)25-2)21(27(4,23)24)15-11-13(19)9-10-17(15)26-3/h5-12H,1-4H3,(H,20,22). The van der Waals surface area contributed by atoms with Crippen LogP contribution in [-0.4, -0.2) is 40.8 Å². The average Bonchev–Trinajstić information content (AvgIpc) is 2.61. The first-order valence-electron chi connectivity index (χ1n) is 7.96. The van der Waals surface area contributed by atoms with Gasteiger partial charge in [-0.3, -0.25) is 9.10 Å². The average molecular weight is 413 g/mol. The van der Waals surface area contributed by atoms with Gasteiger partial charge in [0.2, 0.25) is 15.9 Å². The predicted molar refractivity (Wildman–Crippen MR) is 106 cm³/mol. The van der Waals surface area contributed by atoms with E-state index in [1.165, 1.54) is 27.2 Å². The van der Waals surface area contributed by atoms with Crippen molar-refractivity contribution >= 4 is 38.9 Å². The molecule has 7 nitrogen and oxygen atoms in total. The molecule has 9 heteroatoms. The maximum atomic E-state index is 12.8. The minimum absolute atomic E-state index is 0.176. The van der Waals surface area contributed by atoms with Gasteiger partial charge in [0.05, 0.1) is 31.9 Å². The Morgan fingerprint density at radius 3 is 2.33 bits per heavy atom. The van der Waals surface area contributed by atoms with Gasteiger partial charge in [-0.05, 0) is 37.3 Å². The van der Waals surface area contributed by atoms with Gasteiger partial charge in [-0.25, -0.2) is 8.42 Å². The van der Waals surface area contributed by atoms with Gasteiger partial charge in [0, 0.05) is 5.02 Å². The molecule has 27 heavy (non-hydrogen) atoms. The third-order valence-corrected chi connectivity index (χ3v) is 5.29. The summed E-state index contributed by atoms with van der Waals surface area (Å²) in [6.07, 6.45) is 1.01. The molecule has 2 rings (SSSR count). The van der Waals surface area contributed by atoms with Crippen molar-refractivity contribution in [3.63, 3.8) is 0 Å². The Morgan fingerprint density at radius 2 is 1.74 bits per heavy atom. The van der Waals surface area contributed by atoms with Crippen LogP contribution in [0.15, 0.2) is 42.5 Å². The molecule has 0 spiro atoms. The van der Waals surface area contributed by atoms with Gasteiger partial charge >= 0.3 is 0 Å². The van der Waals surface area contributed by atoms with Gasteiger partial charge in [-0.1, -0.05) is 23.7 Å². The number of para-hydroxylation sites is 2. The van der Waals surface area contributed by atoms with Crippen LogP contribution < -0.4 is 19.1 Å². The summed E-state index contributed by atoms with van der Waals surface area (Å²) < 4.78 is 36.3. The smallest absolute Gasteiger partial charge is 0.248 e. The number of nitrogens with zero attached hydrogens (tertiary/aromatic N) is 1. The van der Waals surface area contributed by atoms with Gasteiger partial charge in [0.1, 0.15) is 17.5 Å². The van der Waals surface area contributed by atoms with Crippen LogP contribution in [0.2, 0.25) is 5.02 Å². The molecule has 0 fully saturated rings. The van der Waals surface area contributed by atoms with Crippen LogP contribution in [0.4, 0.5) is 11.4 Å². The summed E-state index contributed by atoms with van der Waals surface area (Å²) in [5.41, 5.74) is 0.610. The van der Waals surface area contributed by atoms with E-state index in [-0.39, 0.29) is 11.4 Å². The fourth-order valence-electron chi connectivity index (χ4n) is 2.60. The lowest BCUT2D eigenvalue weighted by atomic mass is 10.2. The van der Waals surface area contributed by atoms with E-state index in [1.807, 2.05) is 0 Å². The number of nitrogens with one attached hydrogen (secondary N) is 1. The first-order chi connectivity index (χ1) is 12.7. The number of anilines is 2. The molecule has 1 unspecified atom stereocenters.